The van der Waals surface area contributed by atoms with Crippen LogP contribution in [-0.4, -0.2) is 64.4 Å². The van der Waals surface area contributed by atoms with Crippen LogP contribution in [0, 0.1) is 18.8 Å². The molecule has 0 radical (unpaired) electrons. The second-order valence-corrected chi connectivity index (χ2v) is 12.8. The highest BCUT2D eigenvalue weighted by atomic mass is 35.5. The summed E-state index contributed by atoms with van der Waals surface area (Å²) in [6.45, 7) is 4.12. The first kappa shape index (κ1) is 35.0. The molecule has 48 heavy (non-hydrogen) atoms. The number of halogens is 1. The van der Waals surface area contributed by atoms with Crippen LogP contribution in [0.4, 0.5) is 5.69 Å². The van der Waals surface area contributed by atoms with E-state index in [9.17, 15) is 19.2 Å². The molecule has 1 saturated carbocycles. The minimum atomic E-state index is -0.984. The molecule has 1 saturated heterocycles. The Morgan fingerprint density at radius 1 is 0.979 bits per heavy atom. The molecule has 1 aliphatic heterocycles. The van der Waals surface area contributed by atoms with Gasteiger partial charge in [0.05, 0.1) is 22.8 Å². The molecule has 2 aliphatic rings. The average molecular weight is 675 g/mol. The number of aryl methyl sites for hydroxylation is 1. The van der Waals surface area contributed by atoms with Crippen molar-refractivity contribution in [2.75, 3.05) is 24.5 Å². The Labute approximate surface area is 284 Å². The zero-order valence-electron chi connectivity index (χ0n) is 27.0. The molecule has 12 nitrogen and oxygen atoms in total. The molecule has 3 heterocycles. The molecule has 254 valence electrons. The van der Waals surface area contributed by atoms with Crippen LogP contribution in [0.15, 0.2) is 59.4 Å². The fourth-order valence-electron chi connectivity index (χ4n) is 6.71. The van der Waals surface area contributed by atoms with E-state index >= 15 is 0 Å². The number of nitrogens with zero attached hydrogens (tertiary/aromatic N) is 2. The number of imidazole rings is 1. The number of pyridine rings is 1. The highest BCUT2D eigenvalue weighted by Crippen LogP contribution is 2.32. The van der Waals surface area contributed by atoms with Crippen molar-refractivity contribution >= 4 is 46.8 Å². The minimum absolute atomic E-state index is 0. The summed E-state index contributed by atoms with van der Waals surface area (Å²) in [7, 11) is 0. The van der Waals surface area contributed by atoms with Gasteiger partial charge < -0.3 is 32.1 Å². The lowest BCUT2D eigenvalue weighted by atomic mass is 9.81. The van der Waals surface area contributed by atoms with Gasteiger partial charge in [-0.3, -0.25) is 14.4 Å². The summed E-state index contributed by atoms with van der Waals surface area (Å²) in [5.74, 6) is -0.901. The molecule has 6 rings (SSSR count). The maximum Gasteiger partial charge on any atom is 0.323 e. The topological polar surface area (TPSA) is 192 Å². The number of H-pyrrole nitrogens is 2. The number of nitrogens with two attached hydrogens (primary N) is 2. The molecule has 0 spiro atoms. The second kappa shape index (κ2) is 15.2. The van der Waals surface area contributed by atoms with Crippen molar-refractivity contribution in [1.29, 1.82) is 0 Å². The van der Waals surface area contributed by atoms with E-state index in [0.717, 1.165) is 54.7 Å². The largest absolute Gasteiger partial charge is 0.347 e. The maximum absolute atomic E-state index is 14.0. The highest BCUT2D eigenvalue weighted by Gasteiger charge is 2.35. The van der Waals surface area contributed by atoms with Gasteiger partial charge in [0, 0.05) is 29.8 Å². The third kappa shape index (κ3) is 7.68. The van der Waals surface area contributed by atoms with Gasteiger partial charge in [-0.15, -0.1) is 12.4 Å². The molecule has 13 heteroatoms. The summed E-state index contributed by atoms with van der Waals surface area (Å²) < 4.78 is 0. The monoisotopic (exact) mass is 674 g/mol. The summed E-state index contributed by atoms with van der Waals surface area (Å²) in [5.41, 5.74) is 17.2. The highest BCUT2D eigenvalue weighted by molar-refractivity contribution is 6.17. The summed E-state index contributed by atoms with van der Waals surface area (Å²) in [5, 5.41) is 6.27. The zero-order valence-corrected chi connectivity index (χ0v) is 27.8. The van der Waals surface area contributed by atoms with E-state index in [2.05, 4.69) is 25.6 Å². The van der Waals surface area contributed by atoms with Gasteiger partial charge in [0.25, 0.3) is 11.8 Å². The van der Waals surface area contributed by atoms with Crippen molar-refractivity contribution in [1.82, 2.24) is 25.6 Å². The fourth-order valence-corrected chi connectivity index (χ4v) is 6.71. The van der Waals surface area contributed by atoms with Gasteiger partial charge in [0.2, 0.25) is 5.91 Å². The van der Waals surface area contributed by atoms with Gasteiger partial charge in [0.1, 0.15) is 5.69 Å². The minimum Gasteiger partial charge on any atom is -0.347 e. The van der Waals surface area contributed by atoms with Crippen molar-refractivity contribution in [2.45, 2.75) is 57.5 Å². The van der Waals surface area contributed by atoms with Crippen LogP contribution in [0.1, 0.15) is 53.8 Å². The number of hydrogen-bond donors (Lipinski definition) is 6. The van der Waals surface area contributed by atoms with Gasteiger partial charge in [-0.1, -0.05) is 30.3 Å². The Morgan fingerprint density at radius 3 is 2.38 bits per heavy atom. The molecular weight excluding hydrogens is 632 g/mol. The lowest BCUT2D eigenvalue weighted by molar-refractivity contribution is -0.130. The van der Waals surface area contributed by atoms with Crippen LogP contribution in [0.5, 0.6) is 0 Å². The third-order valence-corrected chi connectivity index (χ3v) is 9.48. The number of carbonyl (C=O) groups excluding carboxylic acids is 3. The molecule has 1 aliphatic carbocycles. The molecule has 2 atom stereocenters. The Bertz CT molecular complexity index is 1820. The Balaban J connectivity index is 0.00000451. The van der Waals surface area contributed by atoms with Crippen LogP contribution in [0.25, 0.3) is 22.2 Å². The van der Waals surface area contributed by atoms with E-state index in [1.807, 2.05) is 37.3 Å². The number of aromatic nitrogens is 3. The standard InChI is InChI=1S/C35H42N8O4.ClH/c1-20-27(11-13-30(39-20)32(44)40-25-14-15-38-19-25)23-6-2-21(3-7-23)16-28(37)34(46)43(33(45)24-8-4-22(18-36)5-9-24)26-10-12-29-31(17-26)42-35(47)41-29;/h2-3,6-7,10-13,17,22,24-25,28,38H,4-5,8-9,14-16,18-19,36-37H2,1H3,(H,40,44)(H2,41,42,47);1H/t22?,24?,25-,28-;/m0./s1. The second-order valence-electron chi connectivity index (χ2n) is 12.8. The summed E-state index contributed by atoms with van der Waals surface area (Å²) in [6.07, 6.45) is 4.10. The van der Waals surface area contributed by atoms with Crippen LogP contribution < -0.4 is 32.7 Å². The molecule has 2 aromatic heterocycles. The van der Waals surface area contributed by atoms with Crippen molar-refractivity contribution in [3.63, 3.8) is 0 Å². The normalized spacial score (nSPS) is 19.8. The average Bonchev–Trinajstić information content (AvgIpc) is 3.73. The molecule has 2 aromatic carbocycles. The van der Waals surface area contributed by atoms with Gasteiger partial charge >= 0.3 is 5.69 Å². The Morgan fingerprint density at radius 2 is 1.71 bits per heavy atom. The third-order valence-electron chi connectivity index (χ3n) is 9.48. The zero-order chi connectivity index (χ0) is 33.1. The number of carbonyl (C=O) groups is 3. The van der Waals surface area contributed by atoms with Gasteiger partial charge in [-0.2, -0.15) is 0 Å². The molecule has 3 amide bonds. The molecule has 2 fully saturated rings. The summed E-state index contributed by atoms with van der Waals surface area (Å²) >= 11 is 0. The van der Waals surface area contributed by atoms with Crippen molar-refractivity contribution < 1.29 is 14.4 Å². The van der Waals surface area contributed by atoms with E-state index in [1.165, 1.54) is 4.90 Å². The summed E-state index contributed by atoms with van der Waals surface area (Å²) in [6, 6.07) is 15.4. The number of fused-ring (bicyclic) bond motifs is 1. The Hall–Kier alpha value is -4.36. The predicted octanol–water partition coefficient (Wildman–Crippen LogP) is 2.93. The first-order valence-corrected chi connectivity index (χ1v) is 16.3. The molecule has 0 unspecified atom stereocenters. The van der Waals surface area contributed by atoms with E-state index in [-0.39, 0.29) is 48.3 Å². The summed E-state index contributed by atoms with van der Waals surface area (Å²) in [4.78, 5) is 63.6. The van der Waals surface area contributed by atoms with Crippen LogP contribution >= 0.6 is 12.4 Å². The number of nitrogens with one attached hydrogen (secondary N) is 4. The number of amides is 3. The quantitative estimate of drug-likeness (QED) is 0.156. The van der Waals surface area contributed by atoms with E-state index in [1.54, 1.807) is 24.3 Å². The molecule has 8 N–H and O–H groups in total. The number of aromatic amines is 2. The number of rotatable bonds is 9. The van der Waals surface area contributed by atoms with Crippen LogP contribution in [-0.2, 0) is 16.0 Å². The molecule has 4 aromatic rings. The Kier molecular flexibility index (Phi) is 11.1. The van der Waals surface area contributed by atoms with Crippen molar-refractivity contribution in [3.05, 3.63) is 82.0 Å². The SMILES string of the molecule is Cc1nc(C(=O)N[C@H]2CCNC2)ccc1-c1ccc(C[C@H](N)C(=O)N(C(=O)C2CCC(CN)CC2)c2ccc3[nH]c(=O)[nH]c3c2)cc1.Cl. The van der Waals surface area contributed by atoms with E-state index < -0.39 is 11.9 Å². The molecular formula is C35H43ClN8O4. The first-order chi connectivity index (χ1) is 22.7. The van der Waals surface area contributed by atoms with Gasteiger partial charge in [-0.25, -0.2) is 14.7 Å². The smallest absolute Gasteiger partial charge is 0.323 e. The van der Waals surface area contributed by atoms with Gasteiger partial charge in [0.15, 0.2) is 0 Å². The fraction of sp³-hybridized carbons (Fsp3) is 0.400. The number of hydrogen-bond acceptors (Lipinski definition) is 8. The molecule has 0 bridgehead atoms. The van der Waals surface area contributed by atoms with Gasteiger partial charge in [-0.05, 0) is 99.8 Å². The lowest BCUT2D eigenvalue weighted by Crippen LogP contribution is -2.50. The first-order valence-electron chi connectivity index (χ1n) is 16.3. The van der Waals surface area contributed by atoms with E-state index in [0.29, 0.717) is 47.7 Å². The predicted molar refractivity (Wildman–Crippen MR) is 188 cm³/mol. The lowest BCUT2D eigenvalue weighted by Gasteiger charge is -2.32. The number of anilines is 1. The maximum atomic E-state index is 14.0. The van der Waals surface area contributed by atoms with Crippen LogP contribution in [0.3, 0.4) is 0 Å². The number of imide groups is 1. The van der Waals surface area contributed by atoms with Crippen molar-refractivity contribution in [3.8, 4) is 11.1 Å². The van der Waals surface area contributed by atoms with Crippen LogP contribution in [0.2, 0.25) is 0 Å². The number of benzene rings is 2. The van der Waals surface area contributed by atoms with E-state index in [4.69, 9.17) is 11.5 Å². The van der Waals surface area contributed by atoms with Crippen molar-refractivity contribution in [2.24, 2.45) is 23.3 Å².